The Balaban J connectivity index is 2.21. The molecular formula is C13H16ClFN2. The lowest BCUT2D eigenvalue weighted by Crippen LogP contribution is -2.44. The Morgan fingerprint density at radius 1 is 1.41 bits per heavy atom. The van der Waals surface area contributed by atoms with E-state index in [1.165, 1.54) is 6.07 Å². The van der Waals surface area contributed by atoms with Crippen LogP contribution in [0.1, 0.15) is 11.6 Å². The van der Waals surface area contributed by atoms with Crippen LogP contribution in [0.3, 0.4) is 0 Å². The van der Waals surface area contributed by atoms with Crippen molar-refractivity contribution < 1.29 is 4.39 Å². The van der Waals surface area contributed by atoms with Crippen LogP contribution < -0.4 is 5.32 Å². The highest BCUT2D eigenvalue weighted by molar-refractivity contribution is 6.30. The molecule has 1 aromatic carbocycles. The van der Waals surface area contributed by atoms with E-state index in [1.54, 1.807) is 6.07 Å². The van der Waals surface area contributed by atoms with Gasteiger partial charge < -0.3 is 5.32 Å². The van der Waals surface area contributed by atoms with Crippen LogP contribution in [-0.4, -0.2) is 31.1 Å². The molecule has 0 bridgehead atoms. The number of piperazine rings is 1. The Labute approximate surface area is 106 Å². The van der Waals surface area contributed by atoms with Crippen LogP contribution in [0.2, 0.25) is 5.02 Å². The van der Waals surface area contributed by atoms with E-state index in [9.17, 15) is 4.39 Å². The number of rotatable bonds is 3. The molecule has 0 aromatic heterocycles. The third-order valence-electron chi connectivity index (χ3n) is 3.05. The first-order valence-electron chi connectivity index (χ1n) is 5.74. The summed E-state index contributed by atoms with van der Waals surface area (Å²) in [7, 11) is 0. The number of nitrogens with one attached hydrogen (secondary N) is 1. The molecule has 0 spiro atoms. The van der Waals surface area contributed by atoms with Crippen LogP contribution in [0.15, 0.2) is 30.9 Å². The largest absolute Gasteiger partial charge is 0.314 e. The molecular weight excluding hydrogens is 239 g/mol. The molecule has 0 radical (unpaired) electrons. The van der Waals surface area contributed by atoms with Gasteiger partial charge in [-0.1, -0.05) is 23.7 Å². The minimum Gasteiger partial charge on any atom is -0.314 e. The van der Waals surface area contributed by atoms with Gasteiger partial charge in [0.05, 0.1) is 11.1 Å². The molecule has 1 saturated heterocycles. The quantitative estimate of drug-likeness (QED) is 0.835. The van der Waals surface area contributed by atoms with Gasteiger partial charge in [-0.15, -0.1) is 6.58 Å². The first-order valence-corrected chi connectivity index (χ1v) is 6.12. The van der Waals surface area contributed by atoms with Gasteiger partial charge in [-0.05, 0) is 17.7 Å². The topological polar surface area (TPSA) is 15.3 Å². The highest BCUT2D eigenvalue weighted by Crippen LogP contribution is 2.25. The number of halogens is 2. The maximum atomic E-state index is 13.4. The summed E-state index contributed by atoms with van der Waals surface area (Å²) in [5, 5.41) is 3.46. The zero-order chi connectivity index (χ0) is 12.3. The molecule has 4 heteroatoms. The van der Waals surface area contributed by atoms with Crippen LogP contribution in [0, 0.1) is 5.82 Å². The van der Waals surface area contributed by atoms with Gasteiger partial charge in [0.15, 0.2) is 0 Å². The second-order valence-electron chi connectivity index (χ2n) is 4.14. The molecule has 1 aliphatic heterocycles. The lowest BCUT2D eigenvalue weighted by Gasteiger charge is -2.33. The summed E-state index contributed by atoms with van der Waals surface area (Å²) in [6.45, 7) is 7.66. The molecule has 2 nitrogen and oxygen atoms in total. The Kier molecular flexibility index (Phi) is 4.15. The van der Waals surface area contributed by atoms with E-state index < -0.39 is 0 Å². The van der Waals surface area contributed by atoms with E-state index in [1.807, 2.05) is 12.1 Å². The fraction of sp³-hybridized carbons (Fsp3) is 0.385. The van der Waals surface area contributed by atoms with Gasteiger partial charge in [-0.2, -0.15) is 0 Å². The zero-order valence-corrected chi connectivity index (χ0v) is 10.4. The highest BCUT2D eigenvalue weighted by Gasteiger charge is 2.20. The average Bonchev–Trinajstić information content (AvgIpc) is 2.36. The van der Waals surface area contributed by atoms with Crippen molar-refractivity contribution in [1.82, 2.24) is 10.2 Å². The fourth-order valence-electron chi connectivity index (χ4n) is 2.15. The van der Waals surface area contributed by atoms with Gasteiger partial charge >= 0.3 is 0 Å². The van der Waals surface area contributed by atoms with Crippen molar-refractivity contribution in [3.8, 4) is 0 Å². The summed E-state index contributed by atoms with van der Waals surface area (Å²) >= 11 is 5.69. The molecule has 0 aliphatic carbocycles. The molecule has 1 fully saturated rings. The molecule has 1 N–H and O–H groups in total. The number of hydrogen-bond donors (Lipinski definition) is 1. The molecule has 2 rings (SSSR count). The summed E-state index contributed by atoms with van der Waals surface area (Å²) in [4.78, 5) is 2.28. The van der Waals surface area contributed by atoms with Crippen LogP contribution >= 0.6 is 11.6 Å². The summed E-state index contributed by atoms with van der Waals surface area (Å²) in [6.07, 6.45) is 1.86. The molecule has 0 amide bonds. The minimum absolute atomic E-state index is 0.0591. The first-order chi connectivity index (χ1) is 8.22. The number of nitrogens with zero attached hydrogens (tertiary/aromatic N) is 1. The molecule has 0 unspecified atom stereocenters. The average molecular weight is 255 g/mol. The minimum atomic E-state index is -0.369. The van der Waals surface area contributed by atoms with Gasteiger partial charge in [0.2, 0.25) is 0 Å². The van der Waals surface area contributed by atoms with Gasteiger partial charge in [0.1, 0.15) is 5.82 Å². The van der Waals surface area contributed by atoms with Gasteiger partial charge in [-0.25, -0.2) is 4.39 Å². The Morgan fingerprint density at radius 3 is 2.71 bits per heavy atom. The maximum Gasteiger partial charge on any atom is 0.142 e. The van der Waals surface area contributed by atoms with Crippen molar-refractivity contribution in [3.05, 3.63) is 47.3 Å². The lowest BCUT2D eigenvalue weighted by molar-refractivity contribution is 0.203. The van der Waals surface area contributed by atoms with Crippen molar-refractivity contribution in [2.24, 2.45) is 0 Å². The third kappa shape index (κ3) is 2.86. The van der Waals surface area contributed by atoms with Crippen LogP contribution in [0.25, 0.3) is 0 Å². The molecule has 1 aromatic rings. The first kappa shape index (κ1) is 12.6. The van der Waals surface area contributed by atoms with E-state index in [4.69, 9.17) is 11.6 Å². The molecule has 1 heterocycles. The van der Waals surface area contributed by atoms with Crippen molar-refractivity contribution in [1.29, 1.82) is 0 Å². The second kappa shape index (κ2) is 5.63. The van der Waals surface area contributed by atoms with Gasteiger partial charge in [0.25, 0.3) is 0 Å². The lowest BCUT2D eigenvalue weighted by atomic mass is 10.0. The predicted molar refractivity (Wildman–Crippen MR) is 68.8 cm³/mol. The predicted octanol–water partition coefficient (Wildman–Crippen LogP) is 2.61. The summed E-state index contributed by atoms with van der Waals surface area (Å²) in [5.41, 5.74) is 0.906. The van der Waals surface area contributed by atoms with Gasteiger partial charge in [0, 0.05) is 26.2 Å². The molecule has 17 heavy (non-hydrogen) atoms. The molecule has 92 valence electrons. The third-order valence-corrected chi connectivity index (χ3v) is 3.36. The highest BCUT2D eigenvalue weighted by atomic mass is 35.5. The maximum absolute atomic E-state index is 13.4. The normalized spacial score (nSPS) is 18.9. The van der Waals surface area contributed by atoms with Crippen molar-refractivity contribution in [3.63, 3.8) is 0 Å². The second-order valence-corrected chi connectivity index (χ2v) is 4.55. The van der Waals surface area contributed by atoms with Crippen LogP contribution in [0.5, 0.6) is 0 Å². The van der Waals surface area contributed by atoms with E-state index in [2.05, 4.69) is 16.8 Å². The smallest absolute Gasteiger partial charge is 0.142 e. The molecule has 1 atom stereocenters. The SMILES string of the molecule is C=C[C@H](c1ccc(Cl)c(F)c1)N1CCNCC1. The van der Waals surface area contributed by atoms with Crippen molar-refractivity contribution in [2.45, 2.75) is 6.04 Å². The monoisotopic (exact) mass is 254 g/mol. The van der Waals surface area contributed by atoms with Crippen LogP contribution in [0.4, 0.5) is 4.39 Å². The summed E-state index contributed by atoms with van der Waals surface area (Å²) < 4.78 is 13.4. The van der Waals surface area contributed by atoms with E-state index in [0.29, 0.717) is 0 Å². The zero-order valence-electron chi connectivity index (χ0n) is 9.63. The van der Waals surface area contributed by atoms with E-state index in [-0.39, 0.29) is 16.9 Å². The fourth-order valence-corrected chi connectivity index (χ4v) is 2.27. The van der Waals surface area contributed by atoms with E-state index in [0.717, 1.165) is 31.7 Å². The van der Waals surface area contributed by atoms with Crippen molar-refractivity contribution in [2.75, 3.05) is 26.2 Å². The van der Waals surface area contributed by atoms with Gasteiger partial charge in [-0.3, -0.25) is 4.90 Å². The molecule has 0 saturated carbocycles. The number of benzene rings is 1. The number of hydrogen-bond acceptors (Lipinski definition) is 2. The van der Waals surface area contributed by atoms with Crippen LogP contribution in [-0.2, 0) is 0 Å². The Hall–Kier alpha value is -0.900. The van der Waals surface area contributed by atoms with E-state index >= 15 is 0 Å². The Morgan fingerprint density at radius 2 is 2.12 bits per heavy atom. The summed E-state index contributed by atoms with van der Waals surface area (Å²) in [5.74, 6) is -0.369. The molecule has 1 aliphatic rings. The Bertz CT molecular complexity index is 402. The summed E-state index contributed by atoms with van der Waals surface area (Å²) in [6, 6.07) is 5.02. The van der Waals surface area contributed by atoms with Crippen molar-refractivity contribution >= 4 is 11.6 Å². The standard InChI is InChI=1S/C13H16ClFN2/c1-2-13(17-7-5-16-6-8-17)10-3-4-11(14)12(15)9-10/h2-4,9,13,16H,1,5-8H2/t13-/m1/s1.